The number of aryl methyl sites for hydroxylation is 1. The van der Waals surface area contributed by atoms with Crippen molar-refractivity contribution in [1.82, 2.24) is 19.7 Å². The molecule has 1 N–H and O–H groups in total. The third-order valence-electron chi connectivity index (χ3n) is 5.12. The highest BCUT2D eigenvalue weighted by atomic mass is 15.2. The van der Waals surface area contributed by atoms with E-state index in [0.717, 1.165) is 49.8 Å². The van der Waals surface area contributed by atoms with E-state index in [1.54, 1.807) is 10.9 Å². The Labute approximate surface area is 175 Å². The molecule has 0 radical (unpaired) electrons. The van der Waals surface area contributed by atoms with E-state index < -0.39 is 0 Å². The van der Waals surface area contributed by atoms with Gasteiger partial charge in [0.05, 0.1) is 11.9 Å². The van der Waals surface area contributed by atoms with Crippen molar-refractivity contribution < 1.29 is 1.43 Å². The van der Waals surface area contributed by atoms with Crippen LogP contribution in [0.2, 0.25) is 0 Å². The number of pyridine rings is 2. The number of hydrogen-bond acceptors (Lipinski definition) is 4. The summed E-state index contributed by atoms with van der Waals surface area (Å²) in [6, 6.07) is 16.5. The van der Waals surface area contributed by atoms with Crippen molar-refractivity contribution >= 4 is 33.1 Å². The Morgan fingerprint density at radius 1 is 0.933 bits per heavy atom. The topological polar surface area (TPSA) is 55.6 Å². The maximum atomic E-state index is 4.56. The van der Waals surface area contributed by atoms with Crippen LogP contribution in [0.3, 0.4) is 0 Å². The van der Waals surface area contributed by atoms with Gasteiger partial charge in [-0.15, -0.1) is 5.73 Å². The molecule has 3 aromatic heterocycles. The first-order chi connectivity index (χ1) is 14.7. The van der Waals surface area contributed by atoms with E-state index in [2.05, 4.69) is 57.0 Å². The number of hydrogen-bond donors (Lipinski definition) is 1. The van der Waals surface area contributed by atoms with E-state index in [0.29, 0.717) is 0 Å². The summed E-state index contributed by atoms with van der Waals surface area (Å²) in [5.74, 6) is 0.742. The summed E-state index contributed by atoms with van der Waals surface area (Å²) >= 11 is 0. The Morgan fingerprint density at radius 2 is 1.80 bits per heavy atom. The molecule has 0 bridgehead atoms. The van der Waals surface area contributed by atoms with Crippen LogP contribution in [-0.4, -0.2) is 19.7 Å². The third kappa shape index (κ3) is 3.34. The summed E-state index contributed by atoms with van der Waals surface area (Å²) in [5, 5.41) is 12.0. The fraction of sp³-hybridized carbons (Fsp3) is 0.0400. The standard InChI is InChI=1S/C25H19N5.H2/c1-3-24(19-5-7-20-13-26-9-8-18(20)10-19)29-25-12-22-11-17(4-6-21(22)14-27-25)23-15-28-30(2)16-23;/h4-16H,1H2,2H3,(H,27,29);1H. The normalized spacial score (nSPS) is 10.8. The molecule has 5 rings (SSSR count). The quantitative estimate of drug-likeness (QED) is 0.401. The maximum absolute atomic E-state index is 4.56. The minimum atomic E-state index is 0. The van der Waals surface area contributed by atoms with Crippen molar-refractivity contribution in [3.05, 3.63) is 97.4 Å². The van der Waals surface area contributed by atoms with Crippen LogP contribution in [0.4, 0.5) is 5.82 Å². The third-order valence-corrected chi connectivity index (χ3v) is 5.12. The average molecular weight is 391 g/mol. The molecule has 0 spiro atoms. The Morgan fingerprint density at radius 3 is 2.63 bits per heavy atom. The van der Waals surface area contributed by atoms with Crippen molar-refractivity contribution in [2.45, 2.75) is 0 Å². The molecule has 0 unspecified atom stereocenters. The fourth-order valence-corrected chi connectivity index (χ4v) is 3.54. The summed E-state index contributed by atoms with van der Waals surface area (Å²) in [6.45, 7) is 3.86. The highest BCUT2D eigenvalue weighted by Crippen LogP contribution is 2.27. The van der Waals surface area contributed by atoms with Crippen LogP contribution in [0.25, 0.3) is 38.4 Å². The molecule has 0 aliphatic rings. The average Bonchev–Trinajstić information content (AvgIpc) is 3.23. The zero-order valence-corrected chi connectivity index (χ0v) is 16.5. The first-order valence-electron chi connectivity index (χ1n) is 9.60. The fourth-order valence-electron chi connectivity index (χ4n) is 3.54. The van der Waals surface area contributed by atoms with Crippen LogP contribution < -0.4 is 5.32 Å². The summed E-state index contributed by atoms with van der Waals surface area (Å²) in [7, 11) is 1.92. The van der Waals surface area contributed by atoms with Crippen LogP contribution >= 0.6 is 0 Å². The number of nitrogens with one attached hydrogen (secondary N) is 1. The van der Waals surface area contributed by atoms with E-state index in [4.69, 9.17) is 0 Å². The molecule has 146 valence electrons. The summed E-state index contributed by atoms with van der Waals surface area (Å²) < 4.78 is 1.81. The molecule has 5 aromatic rings. The number of fused-ring (bicyclic) bond motifs is 2. The van der Waals surface area contributed by atoms with Crippen LogP contribution in [0.15, 0.2) is 91.8 Å². The minimum absolute atomic E-state index is 0. The molecule has 0 fully saturated rings. The van der Waals surface area contributed by atoms with Gasteiger partial charge < -0.3 is 5.32 Å². The van der Waals surface area contributed by atoms with Crippen LogP contribution in [0.1, 0.15) is 6.99 Å². The number of anilines is 1. The maximum Gasteiger partial charge on any atom is 0.131 e. The number of benzene rings is 2. The second-order valence-electron chi connectivity index (χ2n) is 7.15. The Balaban J connectivity index is 0.00000231. The van der Waals surface area contributed by atoms with Gasteiger partial charge in [0.25, 0.3) is 0 Å². The monoisotopic (exact) mass is 391 g/mol. The van der Waals surface area contributed by atoms with E-state index >= 15 is 0 Å². The molecule has 5 heteroatoms. The summed E-state index contributed by atoms with van der Waals surface area (Å²) in [4.78, 5) is 8.73. The van der Waals surface area contributed by atoms with Crippen molar-refractivity contribution in [2.75, 3.05) is 5.32 Å². The van der Waals surface area contributed by atoms with E-state index in [-0.39, 0.29) is 1.43 Å². The molecule has 0 atom stereocenters. The predicted molar refractivity (Wildman–Crippen MR) is 124 cm³/mol. The van der Waals surface area contributed by atoms with Crippen molar-refractivity contribution in [2.24, 2.45) is 7.05 Å². The highest BCUT2D eigenvalue weighted by Gasteiger charge is 2.07. The molecule has 5 nitrogen and oxygen atoms in total. The van der Waals surface area contributed by atoms with Gasteiger partial charge in [0, 0.05) is 55.2 Å². The molecule has 0 amide bonds. The molecular weight excluding hydrogens is 370 g/mol. The second-order valence-corrected chi connectivity index (χ2v) is 7.15. The Bertz CT molecular complexity index is 1450. The van der Waals surface area contributed by atoms with Crippen LogP contribution in [-0.2, 0) is 7.05 Å². The number of rotatable bonds is 4. The van der Waals surface area contributed by atoms with Crippen molar-refractivity contribution in [3.63, 3.8) is 0 Å². The second kappa shape index (κ2) is 7.32. The molecule has 0 aliphatic heterocycles. The van der Waals surface area contributed by atoms with E-state index in [1.807, 2.05) is 56.1 Å². The lowest BCUT2D eigenvalue weighted by Gasteiger charge is -2.11. The molecule has 0 aliphatic carbocycles. The SMILES string of the molecule is C=C=C(Nc1cc2cc(-c3cnn(C)c3)ccc2cn1)c1ccc2cnccc2c1.[HH]. The van der Waals surface area contributed by atoms with Gasteiger partial charge in [-0.1, -0.05) is 30.8 Å². The van der Waals surface area contributed by atoms with Gasteiger partial charge in [-0.3, -0.25) is 9.67 Å². The lowest BCUT2D eigenvalue weighted by molar-refractivity contribution is 0.768. The number of aromatic nitrogens is 4. The smallest absolute Gasteiger partial charge is 0.131 e. The summed E-state index contributed by atoms with van der Waals surface area (Å²) in [6.07, 6.45) is 9.40. The minimum Gasteiger partial charge on any atom is -0.333 e. The van der Waals surface area contributed by atoms with Crippen LogP contribution in [0, 0.1) is 0 Å². The molecule has 0 saturated carbocycles. The van der Waals surface area contributed by atoms with Crippen molar-refractivity contribution in [1.29, 1.82) is 0 Å². The molecule has 2 aromatic carbocycles. The highest BCUT2D eigenvalue weighted by molar-refractivity contribution is 5.91. The lowest BCUT2D eigenvalue weighted by Crippen LogP contribution is -2.00. The first kappa shape index (κ1) is 17.9. The van der Waals surface area contributed by atoms with Crippen molar-refractivity contribution in [3.8, 4) is 11.1 Å². The van der Waals surface area contributed by atoms with Gasteiger partial charge in [0.15, 0.2) is 0 Å². The van der Waals surface area contributed by atoms with Gasteiger partial charge >= 0.3 is 0 Å². The molecule has 30 heavy (non-hydrogen) atoms. The largest absolute Gasteiger partial charge is 0.333 e. The van der Waals surface area contributed by atoms with Gasteiger partial charge in [-0.05, 0) is 40.6 Å². The molecule has 3 heterocycles. The zero-order chi connectivity index (χ0) is 20.5. The summed E-state index contributed by atoms with van der Waals surface area (Å²) in [5.41, 5.74) is 6.99. The molecular formula is C25H21N5. The van der Waals surface area contributed by atoms with E-state index in [9.17, 15) is 0 Å². The van der Waals surface area contributed by atoms with Crippen LogP contribution in [0.5, 0.6) is 0 Å². The molecule has 0 saturated heterocycles. The zero-order valence-electron chi connectivity index (χ0n) is 16.5. The van der Waals surface area contributed by atoms with Gasteiger partial charge in [0.2, 0.25) is 0 Å². The Hall–Kier alpha value is -4.21. The number of nitrogens with zero attached hydrogens (tertiary/aromatic N) is 4. The lowest BCUT2D eigenvalue weighted by atomic mass is 10.0. The predicted octanol–water partition coefficient (Wildman–Crippen LogP) is 5.67. The Kier molecular flexibility index (Phi) is 4.36. The van der Waals surface area contributed by atoms with Gasteiger partial charge in [0.1, 0.15) is 5.82 Å². The first-order valence-corrected chi connectivity index (χ1v) is 9.60. The van der Waals surface area contributed by atoms with E-state index in [1.165, 1.54) is 0 Å². The van der Waals surface area contributed by atoms with Gasteiger partial charge in [-0.25, -0.2) is 4.98 Å². The van der Waals surface area contributed by atoms with Gasteiger partial charge in [-0.2, -0.15) is 5.10 Å².